The normalized spacial score (nSPS) is 14.5. The van der Waals surface area contributed by atoms with Gasteiger partial charge in [-0.1, -0.05) is 90.5 Å². The molecule has 0 saturated heterocycles. The third-order valence-corrected chi connectivity index (χ3v) is 8.99. The standard InChI is InChI=1S/C31H33Cl3N2O2S/c32-23-14-16-25(17-15-23)39-19-18-30(37)36(21-26-27(33)12-7-13-28(26)34)29(20-22-8-3-1-4-9-22)31(38)35-24-10-5-2-6-11-24/h1,3-4,7-9,12-17,24,29H,2,5-6,10-11,18-21H2,(H,35,38). The van der Waals surface area contributed by atoms with Gasteiger partial charge in [-0.2, -0.15) is 0 Å². The molecule has 1 atom stereocenters. The van der Waals surface area contributed by atoms with E-state index in [9.17, 15) is 9.59 Å². The predicted molar refractivity (Wildman–Crippen MR) is 163 cm³/mol. The van der Waals surface area contributed by atoms with Gasteiger partial charge in [-0.05, 0) is 54.8 Å². The van der Waals surface area contributed by atoms with Crippen molar-refractivity contribution in [2.45, 2.75) is 68.5 Å². The van der Waals surface area contributed by atoms with Crippen molar-refractivity contribution in [1.82, 2.24) is 10.2 Å². The van der Waals surface area contributed by atoms with Crippen LogP contribution in [0.5, 0.6) is 0 Å². The molecule has 1 N–H and O–H groups in total. The van der Waals surface area contributed by atoms with Gasteiger partial charge in [0.05, 0.1) is 0 Å². The maximum absolute atomic E-state index is 13.9. The quantitative estimate of drug-likeness (QED) is 0.225. The molecule has 3 aromatic carbocycles. The van der Waals surface area contributed by atoms with Crippen molar-refractivity contribution >= 4 is 58.4 Å². The van der Waals surface area contributed by atoms with Gasteiger partial charge in [0.2, 0.25) is 11.8 Å². The maximum Gasteiger partial charge on any atom is 0.243 e. The highest BCUT2D eigenvalue weighted by molar-refractivity contribution is 7.99. The van der Waals surface area contributed by atoms with Gasteiger partial charge in [-0.3, -0.25) is 9.59 Å². The van der Waals surface area contributed by atoms with Gasteiger partial charge in [-0.25, -0.2) is 0 Å². The first-order valence-corrected chi connectivity index (χ1v) is 15.5. The third-order valence-electron chi connectivity index (χ3n) is 7.01. The highest BCUT2D eigenvalue weighted by Crippen LogP contribution is 2.29. The number of halogens is 3. The van der Waals surface area contributed by atoms with Crippen LogP contribution in [0.25, 0.3) is 0 Å². The van der Waals surface area contributed by atoms with Crippen LogP contribution in [0.15, 0.2) is 77.7 Å². The van der Waals surface area contributed by atoms with Gasteiger partial charge in [0, 0.05) is 56.7 Å². The van der Waals surface area contributed by atoms with Crippen LogP contribution in [0.4, 0.5) is 0 Å². The van der Waals surface area contributed by atoms with E-state index in [1.165, 1.54) is 6.42 Å². The molecule has 4 nitrogen and oxygen atoms in total. The number of hydrogen-bond donors (Lipinski definition) is 1. The molecule has 4 rings (SSSR count). The third kappa shape index (κ3) is 8.91. The average molecular weight is 604 g/mol. The zero-order chi connectivity index (χ0) is 27.6. The molecular formula is C31H33Cl3N2O2S. The summed E-state index contributed by atoms with van der Waals surface area (Å²) in [6.45, 7) is 0.151. The summed E-state index contributed by atoms with van der Waals surface area (Å²) in [6.07, 6.45) is 6.00. The fourth-order valence-electron chi connectivity index (χ4n) is 4.88. The number of nitrogens with zero attached hydrogens (tertiary/aromatic N) is 1. The van der Waals surface area contributed by atoms with Crippen LogP contribution in [0.2, 0.25) is 15.1 Å². The molecular weight excluding hydrogens is 571 g/mol. The Balaban J connectivity index is 1.60. The van der Waals surface area contributed by atoms with E-state index < -0.39 is 6.04 Å². The fraction of sp³-hybridized carbons (Fsp3) is 0.355. The molecule has 0 heterocycles. The molecule has 0 radical (unpaired) electrons. The molecule has 1 aliphatic rings. The first kappa shape index (κ1) is 29.8. The van der Waals surface area contributed by atoms with Crippen LogP contribution in [-0.4, -0.2) is 34.6 Å². The van der Waals surface area contributed by atoms with E-state index in [-0.39, 0.29) is 30.8 Å². The summed E-state index contributed by atoms with van der Waals surface area (Å²) >= 11 is 20.7. The smallest absolute Gasteiger partial charge is 0.243 e. The van der Waals surface area contributed by atoms with E-state index >= 15 is 0 Å². The number of thioether (sulfide) groups is 1. The molecule has 0 aliphatic heterocycles. The van der Waals surface area contributed by atoms with Crippen LogP contribution < -0.4 is 5.32 Å². The predicted octanol–water partition coefficient (Wildman–Crippen LogP) is 8.22. The topological polar surface area (TPSA) is 49.4 Å². The fourth-order valence-corrected chi connectivity index (χ4v) is 6.37. The lowest BCUT2D eigenvalue weighted by atomic mass is 9.94. The Morgan fingerprint density at radius 3 is 2.21 bits per heavy atom. The first-order valence-electron chi connectivity index (χ1n) is 13.4. The molecule has 206 valence electrons. The van der Waals surface area contributed by atoms with Crippen LogP contribution in [0.1, 0.15) is 49.7 Å². The Bertz CT molecular complexity index is 1210. The van der Waals surface area contributed by atoms with Crippen molar-refractivity contribution < 1.29 is 9.59 Å². The lowest BCUT2D eigenvalue weighted by Gasteiger charge is -2.34. The van der Waals surface area contributed by atoms with E-state index in [0.717, 1.165) is 36.1 Å². The molecule has 2 amide bonds. The Hall–Kier alpha value is -2.18. The van der Waals surface area contributed by atoms with Gasteiger partial charge in [0.15, 0.2) is 0 Å². The number of benzene rings is 3. The molecule has 1 aliphatic carbocycles. The van der Waals surface area contributed by atoms with Crippen molar-refractivity contribution in [3.05, 3.63) is 99.0 Å². The minimum atomic E-state index is -0.699. The van der Waals surface area contributed by atoms with Gasteiger partial charge in [-0.15, -0.1) is 11.8 Å². The van der Waals surface area contributed by atoms with Crippen molar-refractivity contribution in [3.8, 4) is 0 Å². The SMILES string of the molecule is O=C(NC1CCCCC1)C(Cc1ccccc1)N(Cc1c(Cl)cccc1Cl)C(=O)CCSc1ccc(Cl)cc1. The van der Waals surface area contributed by atoms with Gasteiger partial charge >= 0.3 is 0 Å². The second kappa shape index (κ2) is 15.0. The molecule has 3 aromatic rings. The molecule has 39 heavy (non-hydrogen) atoms. The molecule has 1 fully saturated rings. The van der Waals surface area contributed by atoms with Crippen LogP contribution in [0, 0.1) is 0 Å². The average Bonchev–Trinajstić information content (AvgIpc) is 2.94. The number of carbonyl (C=O) groups excluding carboxylic acids is 2. The van der Waals surface area contributed by atoms with Gasteiger partial charge < -0.3 is 10.2 Å². The minimum absolute atomic E-state index is 0.118. The molecule has 8 heteroatoms. The number of hydrogen-bond acceptors (Lipinski definition) is 3. The Morgan fingerprint density at radius 2 is 1.54 bits per heavy atom. The highest BCUT2D eigenvalue weighted by Gasteiger charge is 2.32. The molecule has 1 unspecified atom stereocenters. The summed E-state index contributed by atoms with van der Waals surface area (Å²) in [6, 6.07) is 22.1. The largest absolute Gasteiger partial charge is 0.352 e. The number of nitrogens with one attached hydrogen (secondary N) is 1. The van der Waals surface area contributed by atoms with Crippen molar-refractivity contribution in [1.29, 1.82) is 0 Å². The van der Waals surface area contributed by atoms with Gasteiger partial charge in [0.25, 0.3) is 0 Å². The summed E-state index contributed by atoms with van der Waals surface area (Å²) in [7, 11) is 0. The van der Waals surface area contributed by atoms with Crippen LogP contribution >= 0.6 is 46.6 Å². The van der Waals surface area contributed by atoms with E-state index in [0.29, 0.717) is 32.8 Å². The lowest BCUT2D eigenvalue weighted by molar-refractivity contribution is -0.141. The summed E-state index contributed by atoms with van der Waals surface area (Å²) in [4.78, 5) is 30.4. The highest BCUT2D eigenvalue weighted by atomic mass is 35.5. The van der Waals surface area contributed by atoms with Crippen molar-refractivity contribution in [3.63, 3.8) is 0 Å². The zero-order valence-corrected chi connectivity index (χ0v) is 24.8. The Kier molecular flexibility index (Phi) is 11.5. The monoisotopic (exact) mass is 602 g/mol. The minimum Gasteiger partial charge on any atom is -0.352 e. The number of amides is 2. The van der Waals surface area contributed by atoms with E-state index in [2.05, 4.69) is 5.32 Å². The van der Waals surface area contributed by atoms with Crippen molar-refractivity contribution in [2.75, 3.05) is 5.75 Å². The summed E-state index contributed by atoms with van der Waals surface area (Å²) < 4.78 is 0. The Morgan fingerprint density at radius 1 is 0.872 bits per heavy atom. The van der Waals surface area contributed by atoms with E-state index in [1.54, 1.807) is 34.9 Å². The van der Waals surface area contributed by atoms with Gasteiger partial charge in [0.1, 0.15) is 6.04 Å². The van der Waals surface area contributed by atoms with E-state index in [1.807, 2.05) is 54.6 Å². The Labute approximate surface area is 250 Å². The molecule has 1 saturated carbocycles. The summed E-state index contributed by atoms with van der Waals surface area (Å²) in [5, 5.41) is 4.88. The van der Waals surface area contributed by atoms with Crippen LogP contribution in [0.3, 0.4) is 0 Å². The lowest BCUT2D eigenvalue weighted by Crippen LogP contribution is -2.53. The molecule has 0 spiro atoms. The number of carbonyl (C=O) groups is 2. The molecule has 0 aromatic heterocycles. The summed E-state index contributed by atoms with van der Waals surface area (Å²) in [5.74, 6) is 0.315. The second-order valence-corrected chi connectivity index (χ2v) is 12.2. The number of rotatable bonds is 11. The van der Waals surface area contributed by atoms with Crippen molar-refractivity contribution in [2.24, 2.45) is 0 Å². The van der Waals surface area contributed by atoms with E-state index in [4.69, 9.17) is 34.8 Å². The summed E-state index contributed by atoms with van der Waals surface area (Å²) in [5.41, 5.74) is 1.63. The van der Waals surface area contributed by atoms with Crippen LogP contribution in [-0.2, 0) is 22.6 Å². The zero-order valence-electron chi connectivity index (χ0n) is 21.8. The second-order valence-electron chi connectivity index (χ2n) is 9.82. The maximum atomic E-state index is 13.9. The molecule has 0 bridgehead atoms. The first-order chi connectivity index (χ1) is 18.9.